The Kier molecular flexibility index (Phi) is 22.3. The van der Waals surface area contributed by atoms with Gasteiger partial charge in [0.25, 0.3) is 0 Å². The molecule has 2 rings (SSSR count). The lowest BCUT2D eigenvalue weighted by Crippen LogP contribution is -2.40. The summed E-state index contributed by atoms with van der Waals surface area (Å²) in [5, 5.41) is 0. The van der Waals surface area contributed by atoms with Gasteiger partial charge in [-0.2, -0.15) is 0 Å². The van der Waals surface area contributed by atoms with Crippen LogP contribution in [0.25, 0.3) is 0 Å². The molecule has 35 heavy (non-hydrogen) atoms. The van der Waals surface area contributed by atoms with E-state index in [-0.39, 0.29) is 0 Å². The van der Waals surface area contributed by atoms with Crippen molar-refractivity contribution in [3.8, 4) is 0 Å². The molecule has 0 bridgehead atoms. The third kappa shape index (κ3) is 13.4. The fourth-order valence-corrected chi connectivity index (χ4v) is 6.03. The molecule has 0 heterocycles. The van der Waals surface area contributed by atoms with E-state index in [1.54, 1.807) is 11.8 Å². The van der Waals surface area contributed by atoms with E-state index in [0.717, 1.165) is 41.9 Å². The van der Waals surface area contributed by atoms with E-state index in [1.807, 2.05) is 27.7 Å². The van der Waals surface area contributed by atoms with E-state index in [2.05, 4.69) is 67.5 Å². The van der Waals surface area contributed by atoms with Crippen LogP contribution >= 0.6 is 0 Å². The molecule has 4 atom stereocenters. The van der Waals surface area contributed by atoms with E-state index < -0.39 is 0 Å². The molecule has 2 saturated carbocycles. The lowest BCUT2D eigenvalue weighted by atomic mass is 9.56. The minimum absolute atomic E-state index is 0.561. The molecule has 2 aliphatic carbocycles. The molecule has 1 heteroatoms. The van der Waals surface area contributed by atoms with Gasteiger partial charge in [-0.3, -0.25) is 0 Å². The van der Waals surface area contributed by atoms with Crippen molar-refractivity contribution in [1.29, 1.82) is 0 Å². The molecule has 210 valence electrons. The number of unbranched alkanes of at least 4 members (excludes halogenated alkanes) is 2. The number of nitrogens with two attached hydrogens (primary N) is 1. The maximum atomic E-state index is 5.56. The molecular weight excluding hydrogens is 422 g/mol. The first-order valence-corrected chi connectivity index (χ1v) is 15.7. The van der Waals surface area contributed by atoms with Crippen LogP contribution in [0.4, 0.5) is 0 Å². The molecule has 0 spiro atoms. The van der Waals surface area contributed by atoms with Crippen LogP contribution < -0.4 is 5.73 Å². The van der Waals surface area contributed by atoms with E-state index in [4.69, 9.17) is 5.73 Å². The van der Waals surface area contributed by atoms with Gasteiger partial charge in [-0.25, -0.2) is 0 Å². The minimum Gasteiger partial charge on any atom is -0.405 e. The van der Waals surface area contributed by atoms with E-state index in [1.165, 1.54) is 64.2 Å². The molecule has 0 amide bonds. The number of rotatable bonds is 11. The van der Waals surface area contributed by atoms with Crippen molar-refractivity contribution in [2.24, 2.45) is 46.7 Å². The minimum atomic E-state index is 0.561. The third-order valence-electron chi connectivity index (χ3n) is 8.67. The second kappa shape index (κ2) is 21.4. The SMILES string of the molecule is CC.CC.CC(C)C(C)C.CCC/C=C(\C)CC1(C(CCC/C=C/N)C2CCC2)CC(C)CC1C. The fourth-order valence-electron chi connectivity index (χ4n) is 6.03. The van der Waals surface area contributed by atoms with Gasteiger partial charge < -0.3 is 5.73 Å². The van der Waals surface area contributed by atoms with Crippen molar-refractivity contribution in [2.45, 2.75) is 154 Å². The van der Waals surface area contributed by atoms with E-state index >= 15 is 0 Å². The molecule has 0 aromatic carbocycles. The second-order valence-electron chi connectivity index (χ2n) is 11.8. The average Bonchev–Trinajstić information content (AvgIpc) is 3.09. The van der Waals surface area contributed by atoms with Crippen LogP contribution in [-0.4, -0.2) is 0 Å². The molecule has 2 N–H and O–H groups in total. The van der Waals surface area contributed by atoms with Gasteiger partial charge in [0.05, 0.1) is 0 Å². The molecule has 0 aliphatic heterocycles. The highest BCUT2D eigenvalue weighted by Gasteiger charge is 2.51. The lowest BCUT2D eigenvalue weighted by Gasteiger charge is -2.49. The maximum Gasteiger partial charge on any atom is -0.0103 e. The van der Waals surface area contributed by atoms with Crippen LogP contribution in [0.2, 0.25) is 0 Å². The van der Waals surface area contributed by atoms with Crippen molar-refractivity contribution in [2.75, 3.05) is 0 Å². The standard InChI is InChI=1S/C24H43N.C6H14.2C2H6/c1-5-6-11-19(2)17-24(18-20(3)16-21(24)4)23(22-12-10-13-22)14-8-7-9-15-25;1-5(2)6(3)4;2*1-2/h9,11,15,20-23H,5-8,10,12-14,16-18,25H2,1-4H3;5-6H,1-4H3;2*1-2H3/b15-9+,19-11+;;;. The van der Waals surface area contributed by atoms with Crippen LogP contribution in [0.3, 0.4) is 0 Å². The zero-order valence-corrected chi connectivity index (χ0v) is 26.6. The van der Waals surface area contributed by atoms with Gasteiger partial charge in [0.15, 0.2) is 0 Å². The van der Waals surface area contributed by atoms with Gasteiger partial charge in [0.1, 0.15) is 0 Å². The van der Waals surface area contributed by atoms with E-state index in [9.17, 15) is 0 Å². The highest BCUT2D eigenvalue weighted by Crippen LogP contribution is 2.60. The zero-order valence-electron chi connectivity index (χ0n) is 26.6. The summed E-state index contributed by atoms with van der Waals surface area (Å²) in [4.78, 5) is 0. The van der Waals surface area contributed by atoms with Crippen molar-refractivity contribution in [1.82, 2.24) is 0 Å². The summed E-state index contributed by atoms with van der Waals surface area (Å²) in [7, 11) is 0. The van der Waals surface area contributed by atoms with Gasteiger partial charge in [0, 0.05) is 0 Å². The summed E-state index contributed by atoms with van der Waals surface area (Å²) in [6.07, 6.45) is 21.5. The summed E-state index contributed by atoms with van der Waals surface area (Å²) >= 11 is 0. The second-order valence-corrected chi connectivity index (χ2v) is 11.8. The van der Waals surface area contributed by atoms with Gasteiger partial charge in [0.2, 0.25) is 0 Å². The molecule has 0 radical (unpaired) electrons. The van der Waals surface area contributed by atoms with Crippen molar-refractivity contribution < 1.29 is 0 Å². The first-order chi connectivity index (χ1) is 16.7. The number of hydrogen-bond acceptors (Lipinski definition) is 1. The average molecular weight is 492 g/mol. The normalized spacial score (nSPS) is 25.3. The maximum absolute atomic E-state index is 5.56. The van der Waals surface area contributed by atoms with Crippen LogP contribution in [0.5, 0.6) is 0 Å². The monoisotopic (exact) mass is 492 g/mol. The van der Waals surface area contributed by atoms with E-state index in [0.29, 0.717) is 5.41 Å². The number of hydrogen-bond donors (Lipinski definition) is 1. The summed E-state index contributed by atoms with van der Waals surface area (Å²) in [6.45, 7) is 26.7. The summed E-state index contributed by atoms with van der Waals surface area (Å²) < 4.78 is 0. The number of allylic oxidation sites excluding steroid dienone is 3. The molecule has 1 nitrogen and oxygen atoms in total. The van der Waals surface area contributed by atoms with Crippen molar-refractivity contribution in [3.63, 3.8) is 0 Å². The highest BCUT2D eigenvalue weighted by molar-refractivity contribution is 5.10. The van der Waals surface area contributed by atoms with Gasteiger partial charge in [-0.1, -0.05) is 120 Å². The van der Waals surface area contributed by atoms with Gasteiger partial charge in [-0.05, 0) is 99.0 Å². The Morgan fingerprint density at radius 1 is 0.971 bits per heavy atom. The Labute approximate surface area is 224 Å². The Bertz CT molecular complexity index is 519. The molecule has 0 aromatic rings. The smallest absolute Gasteiger partial charge is 0.0103 e. The van der Waals surface area contributed by atoms with Crippen molar-refractivity contribution in [3.05, 3.63) is 23.9 Å². The molecule has 0 saturated heterocycles. The summed E-state index contributed by atoms with van der Waals surface area (Å²) in [5.74, 6) is 5.41. The molecule has 2 fully saturated rings. The van der Waals surface area contributed by atoms with Crippen LogP contribution in [0, 0.1) is 40.9 Å². The first-order valence-electron chi connectivity index (χ1n) is 15.7. The molecular formula is C34H69N. The third-order valence-corrected chi connectivity index (χ3v) is 8.67. The Hall–Kier alpha value is -0.720. The first kappa shape index (κ1) is 36.4. The predicted octanol–water partition coefficient (Wildman–Crippen LogP) is 11.6. The van der Waals surface area contributed by atoms with Crippen LogP contribution in [-0.2, 0) is 0 Å². The lowest BCUT2D eigenvalue weighted by molar-refractivity contribution is 0.0175. The van der Waals surface area contributed by atoms with Gasteiger partial charge in [-0.15, -0.1) is 0 Å². The van der Waals surface area contributed by atoms with Crippen molar-refractivity contribution >= 4 is 0 Å². The molecule has 4 unspecified atom stereocenters. The predicted molar refractivity (Wildman–Crippen MR) is 164 cm³/mol. The van der Waals surface area contributed by atoms with Gasteiger partial charge >= 0.3 is 0 Å². The van der Waals surface area contributed by atoms with Crippen LogP contribution in [0.15, 0.2) is 23.9 Å². The summed E-state index contributed by atoms with van der Waals surface area (Å²) in [6, 6.07) is 0. The topological polar surface area (TPSA) is 26.0 Å². The van der Waals surface area contributed by atoms with Crippen LogP contribution in [0.1, 0.15) is 154 Å². The largest absolute Gasteiger partial charge is 0.405 e. The summed E-state index contributed by atoms with van der Waals surface area (Å²) in [5.41, 5.74) is 7.78. The molecule has 0 aromatic heterocycles. The fraction of sp³-hybridized carbons (Fsp3) is 0.882. The molecule has 2 aliphatic rings. The quantitative estimate of drug-likeness (QED) is 0.225. The Balaban J connectivity index is 0. The Morgan fingerprint density at radius 3 is 1.91 bits per heavy atom. The Morgan fingerprint density at radius 2 is 1.54 bits per heavy atom. The zero-order chi connectivity index (χ0) is 27.4. The highest BCUT2D eigenvalue weighted by atomic mass is 14.6.